The molecule has 1 aliphatic rings. The standard InChI is InChI=1S/C15H20O2/c1-3-14(17-2)15(16)13-10-5-4-9-12(13)11-7-6-8-11/h4-5,9-11,14H,3,6-8H2,1-2H3. The summed E-state index contributed by atoms with van der Waals surface area (Å²) in [6.45, 7) is 1.98. The summed E-state index contributed by atoms with van der Waals surface area (Å²) < 4.78 is 5.25. The van der Waals surface area contributed by atoms with Gasteiger partial charge in [-0.1, -0.05) is 37.6 Å². The molecule has 1 atom stereocenters. The third-order valence-corrected chi connectivity index (χ3v) is 3.72. The average Bonchev–Trinajstić information content (AvgIpc) is 2.29. The highest BCUT2D eigenvalue weighted by Gasteiger charge is 2.26. The van der Waals surface area contributed by atoms with Gasteiger partial charge < -0.3 is 4.74 Å². The first kappa shape index (κ1) is 12.3. The highest BCUT2D eigenvalue weighted by Crippen LogP contribution is 2.38. The Balaban J connectivity index is 2.27. The van der Waals surface area contributed by atoms with E-state index in [-0.39, 0.29) is 11.9 Å². The highest BCUT2D eigenvalue weighted by molar-refractivity contribution is 6.00. The van der Waals surface area contributed by atoms with E-state index in [0.717, 1.165) is 12.0 Å². The van der Waals surface area contributed by atoms with Gasteiger partial charge in [-0.3, -0.25) is 4.79 Å². The summed E-state index contributed by atoms with van der Waals surface area (Å²) in [4.78, 5) is 12.3. The van der Waals surface area contributed by atoms with E-state index in [1.165, 1.54) is 24.8 Å². The predicted molar refractivity (Wildman–Crippen MR) is 68.5 cm³/mol. The Kier molecular flexibility index (Phi) is 3.95. The quantitative estimate of drug-likeness (QED) is 0.725. The van der Waals surface area contributed by atoms with Crippen molar-refractivity contribution >= 4 is 5.78 Å². The number of hydrogen-bond acceptors (Lipinski definition) is 2. The smallest absolute Gasteiger partial charge is 0.191 e. The first-order valence-corrected chi connectivity index (χ1v) is 6.43. The zero-order chi connectivity index (χ0) is 12.3. The number of hydrogen-bond donors (Lipinski definition) is 0. The van der Waals surface area contributed by atoms with Crippen molar-refractivity contribution in [2.75, 3.05) is 7.11 Å². The SMILES string of the molecule is CCC(OC)C(=O)c1ccccc1C1CCC1. The van der Waals surface area contributed by atoms with Crippen molar-refractivity contribution in [2.24, 2.45) is 0 Å². The van der Waals surface area contributed by atoms with Gasteiger partial charge in [0.05, 0.1) is 0 Å². The molecule has 1 aromatic rings. The Bertz CT molecular complexity index is 390. The Hall–Kier alpha value is -1.15. The molecule has 0 spiro atoms. The summed E-state index contributed by atoms with van der Waals surface area (Å²) in [6.07, 6.45) is 4.15. The number of Topliss-reactive ketones (excluding diaryl/α,β-unsaturated/α-hetero) is 1. The second-order valence-corrected chi connectivity index (χ2v) is 4.71. The second-order valence-electron chi connectivity index (χ2n) is 4.71. The van der Waals surface area contributed by atoms with Crippen LogP contribution in [0.15, 0.2) is 24.3 Å². The summed E-state index contributed by atoms with van der Waals surface area (Å²) in [6, 6.07) is 8.01. The fourth-order valence-electron chi connectivity index (χ4n) is 2.43. The predicted octanol–water partition coefficient (Wildman–Crippen LogP) is 3.56. The molecule has 0 aliphatic heterocycles. The molecule has 1 unspecified atom stereocenters. The number of carbonyl (C=O) groups excluding carboxylic acids is 1. The molecule has 1 fully saturated rings. The first-order chi connectivity index (χ1) is 8.27. The van der Waals surface area contributed by atoms with Gasteiger partial charge in [0.15, 0.2) is 5.78 Å². The lowest BCUT2D eigenvalue weighted by Crippen LogP contribution is -2.24. The van der Waals surface area contributed by atoms with Crippen molar-refractivity contribution in [3.63, 3.8) is 0 Å². The van der Waals surface area contributed by atoms with Crippen LogP contribution in [0.3, 0.4) is 0 Å². The zero-order valence-corrected chi connectivity index (χ0v) is 10.6. The van der Waals surface area contributed by atoms with E-state index in [1.807, 2.05) is 25.1 Å². The van der Waals surface area contributed by atoms with Crippen LogP contribution < -0.4 is 0 Å². The summed E-state index contributed by atoms with van der Waals surface area (Å²) >= 11 is 0. The van der Waals surface area contributed by atoms with Crippen molar-refractivity contribution in [1.29, 1.82) is 0 Å². The topological polar surface area (TPSA) is 26.3 Å². The Morgan fingerprint density at radius 2 is 2.12 bits per heavy atom. The number of methoxy groups -OCH3 is 1. The maximum absolute atomic E-state index is 12.3. The number of rotatable bonds is 5. The van der Waals surface area contributed by atoms with Crippen molar-refractivity contribution in [1.82, 2.24) is 0 Å². The summed E-state index contributed by atoms with van der Waals surface area (Å²) in [5.74, 6) is 0.724. The maximum atomic E-state index is 12.3. The van der Waals surface area contributed by atoms with Crippen LogP contribution in [0, 0.1) is 0 Å². The van der Waals surface area contributed by atoms with Crippen molar-refractivity contribution in [3.8, 4) is 0 Å². The van der Waals surface area contributed by atoms with Crippen LogP contribution in [0.1, 0.15) is 54.4 Å². The molecule has 0 amide bonds. The molecule has 17 heavy (non-hydrogen) atoms. The lowest BCUT2D eigenvalue weighted by Gasteiger charge is -2.28. The average molecular weight is 232 g/mol. The van der Waals surface area contributed by atoms with Crippen LogP contribution in [0.2, 0.25) is 0 Å². The molecular formula is C15H20O2. The zero-order valence-electron chi connectivity index (χ0n) is 10.6. The minimum Gasteiger partial charge on any atom is -0.373 e. The molecule has 2 heteroatoms. The van der Waals surface area contributed by atoms with Gasteiger partial charge in [0, 0.05) is 12.7 Å². The molecule has 1 saturated carbocycles. The molecule has 0 bridgehead atoms. The lowest BCUT2D eigenvalue weighted by atomic mass is 9.77. The first-order valence-electron chi connectivity index (χ1n) is 6.43. The molecule has 2 nitrogen and oxygen atoms in total. The number of carbonyl (C=O) groups is 1. The van der Waals surface area contributed by atoms with Crippen LogP contribution >= 0.6 is 0 Å². The monoisotopic (exact) mass is 232 g/mol. The summed E-state index contributed by atoms with van der Waals surface area (Å²) in [5.41, 5.74) is 2.09. The minimum absolute atomic E-state index is 0.137. The van der Waals surface area contributed by atoms with Crippen LogP contribution in [0.5, 0.6) is 0 Å². The molecule has 0 N–H and O–H groups in total. The number of ketones is 1. The van der Waals surface area contributed by atoms with Gasteiger partial charge >= 0.3 is 0 Å². The van der Waals surface area contributed by atoms with E-state index in [2.05, 4.69) is 6.07 Å². The molecule has 0 aromatic heterocycles. The lowest BCUT2D eigenvalue weighted by molar-refractivity contribution is 0.0593. The van der Waals surface area contributed by atoms with Gasteiger partial charge in [0.25, 0.3) is 0 Å². The van der Waals surface area contributed by atoms with Gasteiger partial charge in [0.1, 0.15) is 6.10 Å². The summed E-state index contributed by atoms with van der Waals surface area (Å²) in [7, 11) is 1.61. The Morgan fingerprint density at radius 1 is 1.41 bits per heavy atom. The third-order valence-electron chi connectivity index (χ3n) is 3.72. The van der Waals surface area contributed by atoms with Crippen LogP contribution in [0.4, 0.5) is 0 Å². The van der Waals surface area contributed by atoms with Crippen molar-refractivity contribution < 1.29 is 9.53 Å². The van der Waals surface area contributed by atoms with Gasteiger partial charge in [-0.2, -0.15) is 0 Å². The van der Waals surface area contributed by atoms with Gasteiger partial charge in [0.2, 0.25) is 0 Å². The molecule has 2 rings (SSSR count). The fraction of sp³-hybridized carbons (Fsp3) is 0.533. The van der Waals surface area contributed by atoms with Gasteiger partial charge in [-0.05, 0) is 30.7 Å². The van der Waals surface area contributed by atoms with E-state index < -0.39 is 0 Å². The van der Waals surface area contributed by atoms with Gasteiger partial charge in [-0.15, -0.1) is 0 Å². The largest absolute Gasteiger partial charge is 0.373 e. The number of benzene rings is 1. The second kappa shape index (κ2) is 5.46. The van der Waals surface area contributed by atoms with Crippen LogP contribution in [0.25, 0.3) is 0 Å². The normalized spacial score (nSPS) is 17.5. The Labute approximate surface area is 103 Å². The molecule has 92 valence electrons. The number of ether oxygens (including phenoxy) is 1. The fourth-order valence-corrected chi connectivity index (χ4v) is 2.43. The van der Waals surface area contributed by atoms with Crippen molar-refractivity contribution in [3.05, 3.63) is 35.4 Å². The molecule has 0 heterocycles. The Morgan fingerprint density at radius 3 is 2.65 bits per heavy atom. The highest BCUT2D eigenvalue weighted by atomic mass is 16.5. The van der Waals surface area contributed by atoms with E-state index in [4.69, 9.17) is 4.74 Å². The van der Waals surface area contributed by atoms with E-state index >= 15 is 0 Å². The maximum Gasteiger partial charge on any atom is 0.191 e. The minimum atomic E-state index is -0.295. The van der Waals surface area contributed by atoms with Gasteiger partial charge in [-0.25, -0.2) is 0 Å². The molecule has 1 aromatic carbocycles. The summed E-state index contributed by atoms with van der Waals surface area (Å²) in [5, 5.41) is 0. The molecular weight excluding hydrogens is 212 g/mol. The van der Waals surface area contributed by atoms with Crippen LogP contribution in [-0.2, 0) is 4.74 Å². The molecule has 0 radical (unpaired) electrons. The van der Waals surface area contributed by atoms with Crippen LogP contribution in [-0.4, -0.2) is 19.0 Å². The van der Waals surface area contributed by atoms with E-state index in [9.17, 15) is 4.79 Å². The molecule has 1 aliphatic carbocycles. The molecule has 0 saturated heterocycles. The van der Waals surface area contributed by atoms with Crippen molar-refractivity contribution in [2.45, 2.75) is 44.6 Å². The van der Waals surface area contributed by atoms with E-state index in [0.29, 0.717) is 5.92 Å². The third kappa shape index (κ3) is 2.42. The van der Waals surface area contributed by atoms with E-state index in [1.54, 1.807) is 7.11 Å².